The van der Waals surface area contributed by atoms with Gasteiger partial charge < -0.3 is 10.4 Å². The fourth-order valence-corrected chi connectivity index (χ4v) is 1.84. The highest BCUT2D eigenvalue weighted by Crippen LogP contribution is 2.23. The van der Waals surface area contributed by atoms with Crippen LogP contribution in [-0.2, 0) is 0 Å². The second-order valence-corrected chi connectivity index (χ2v) is 4.71. The maximum atomic E-state index is 12.1. The highest BCUT2D eigenvalue weighted by molar-refractivity contribution is 6.04. The van der Waals surface area contributed by atoms with E-state index in [1.165, 1.54) is 12.1 Å². The SMILES string of the molecule is Cc1ccc(C(=O)Nc2ccc(C)c([N+](=O)[O-])c2)cc1O. The first-order chi connectivity index (χ1) is 9.88. The van der Waals surface area contributed by atoms with Gasteiger partial charge in [-0.05, 0) is 37.6 Å². The first kappa shape index (κ1) is 14.5. The van der Waals surface area contributed by atoms with Crippen molar-refractivity contribution in [3.05, 3.63) is 63.2 Å². The average molecular weight is 286 g/mol. The van der Waals surface area contributed by atoms with Gasteiger partial charge >= 0.3 is 0 Å². The monoisotopic (exact) mass is 286 g/mol. The van der Waals surface area contributed by atoms with Crippen LogP contribution in [0.5, 0.6) is 5.75 Å². The molecule has 0 atom stereocenters. The Kier molecular flexibility index (Phi) is 3.89. The molecule has 0 aliphatic carbocycles. The molecule has 0 radical (unpaired) electrons. The van der Waals surface area contributed by atoms with Gasteiger partial charge in [-0.2, -0.15) is 0 Å². The van der Waals surface area contributed by atoms with Crippen LogP contribution in [0.4, 0.5) is 11.4 Å². The maximum Gasteiger partial charge on any atom is 0.274 e. The lowest BCUT2D eigenvalue weighted by atomic mass is 10.1. The molecule has 6 heteroatoms. The van der Waals surface area contributed by atoms with Crippen LogP contribution in [0.3, 0.4) is 0 Å². The largest absolute Gasteiger partial charge is 0.508 e. The molecule has 1 amide bonds. The number of rotatable bonds is 3. The zero-order chi connectivity index (χ0) is 15.6. The lowest BCUT2D eigenvalue weighted by Gasteiger charge is -2.07. The summed E-state index contributed by atoms with van der Waals surface area (Å²) in [7, 11) is 0. The molecule has 2 N–H and O–H groups in total. The number of carbonyl (C=O) groups excluding carboxylic acids is 1. The van der Waals surface area contributed by atoms with E-state index in [1.54, 1.807) is 38.1 Å². The molecule has 0 spiro atoms. The number of phenolic OH excluding ortho intramolecular Hbond substituents is 1. The fourth-order valence-electron chi connectivity index (χ4n) is 1.84. The van der Waals surface area contributed by atoms with E-state index in [2.05, 4.69) is 5.32 Å². The van der Waals surface area contributed by atoms with Crippen molar-refractivity contribution < 1.29 is 14.8 Å². The Morgan fingerprint density at radius 2 is 1.81 bits per heavy atom. The summed E-state index contributed by atoms with van der Waals surface area (Å²) in [5.41, 5.74) is 1.74. The van der Waals surface area contributed by atoms with E-state index in [1.807, 2.05) is 0 Å². The highest BCUT2D eigenvalue weighted by Gasteiger charge is 2.13. The van der Waals surface area contributed by atoms with E-state index in [-0.39, 0.29) is 17.0 Å². The van der Waals surface area contributed by atoms with E-state index < -0.39 is 10.8 Å². The van der Waals surface area contributed by atoms with Gasteiger partial charge in [-0.15, -0.1) is 0 Å². The summed E-state index contributed by atoms with van der Waals surface area (Å²) < 4.78 is 0. The van der Waals surface area contributed by atoms with Crippen molar-refractivity contribution in [2.24, 2.45) is 0 Å². The van der Waals surface area contributed by atoms with E-state index >= 15 is 0 Å². The number of phenols is 1. The fraction of sp³-hybridized carbons (Fsp3) is 0.133. The lowest BCUT2D eigenvalue weighted by Crippen LogP contribution is -2.12. The molecule has 21 heavy (non-hydrogen) atoms. The minimum absolute atomic E-state index is 0.0255. The van der Waals surface area contributed by atoms with E-state index in [0.717, 1.165) is 0 Å². The van der Waals surface area contributed by atoms with E-state index in [0.29, 0.717) is 16.8 Å². The van der Waals surface area contributed by atoms with Gasteiger partial charge in [0.25, 0.3) is 11.6 Å². The zero-order valence-corrected chi connectivity index (χ0v) is 11.6. The van der Waals surface area contributed by atoms with Gasteiger partial charge in [-0.3, -0.25) is 14.9 Å². The summed E-state index contributed by atoms with van der Waals surface area (Å²) in [5.74, 6) is -0.416. The van der Waals surface area contributed by atoms with Crippen molar-refractivity contribution in [3.63, 3.8) is 0 Å². The molecule has 0 aliphatic rings. The van der Waals surface area contributed by atoms with Gasteiger partial charge in [-0.25, -0.2) is 0 Å². The predicted octanol–water partition coefficient (Wildman–Crippen LogP) is 3.17. The number of aryl methyl sites for hydroxylation is 2. The minimum atomic E-state index is -0.497. The number of hydrogen-bond acceptors (Lipinski definition) is 4. The summed E-state index contributed by atoms with van der Waals surface area (Å²) in [6.45, 7) is 3.35. The second kappa shape index (κ2) is 5.62. The molecule has 0 unspecified atom stereocenters. The third-order valence-electron chi connectivity index (χ3n) is 3.14. The Balaban J connectivity index is 2.25. The second-order valence-electron chi connectivity index (χ2n) is 4.71. The van der Waals surface area contributed by atoms with E-state index in [4.69, 9.17) is 0 Å². The Labute approximate surface area is 121 Å². The maximum absolute atomic E-state index is 12.1. The number of nitro groups is 1. The molecular weight excluding hydrogens is 272 g/mol. The first-order valence-electron chi connectivity index (χ1n) is 6.24. The third kappa shape index (κ3) is 3.17. The van der Waals surface area contributed by atoms with Gasteiger partial charge in [0.05, 0.1) is 4.92 Å². The number of amides is 1. The highest BCUT2D eigenvalue weighted by atomic mass is 16.6. The number of carbonyl (C=O) groups is 1. The van der Waals surface area contributed by atoms with Crippen LogP contribution in [0.25, 0.3) is 0 Å². The van der Waals surface area contributed by atoms with Crippen LogP contribution in [0.15, 0.2) is 36.4 Å². The molecule has 2 aromatic rings. The average Bonchev–Trinajstić information content (AvgIpc) is 2.43. The van der Waals surface area contributed by atoms with Crippen LogP contribution in [0.2, 0.25) is 0 Å². The van der Waals surface area contributed by atoms with Crippen molar-refractivity contribution in [2.75, 3.05) is 5.32 Å². The Morgan fingerprint density at radius 1 is 1.14 bits per heavy atom. The van der Waals surface area contributed by atoms with Crippen LogP contribution in [-0.4, -0.2) is 15.9 Å². The summed E-state index contributed by atoms with van der Waals surface area (Å²) in [6, 6.07) is 9.03. The molecule has 2 rings (SSSR count). The number of aromatic hydroxyl groups is 1. The van der Waals surface area contributed by atoms with Gasteiger partial charge in [0, 0.05) is 22.9 Å². The van der Waals surface area contributed by atoms with Crippen LogP contribution >= 0.6 is 0 Å². The van der Waals surface area contributed by atoms with Crippen LogP contribution in [0.1, 0.15) is 21.5 Å². The van der Waals surface area contributed by atoms with Crippen molar-refractivity contribution in [1.82, 2.24) is 0 Å². The quantitative estimate of drug-likeness (QED) is 0.669. The first-order valence-corrected chi connectivity index (χ1v) is 6.24. The molecule has 0 saturated heterocycles. The molecule has 0 aromatic heterocycles. The standard InChI is InChI=1S/C15H14N2O4/c1-9-4-6-12(8-13(9)17(20)21)16-15(19)11-5-3-10(2)14(18)7-11/h3-8,18H,1-2H3,(H,16,19). The minimum Gasteiger partial charge on any atom is -0.508 e. The van der Waals surface area contributed by atoms with Gasteiger partial charge in [0.1, 0.15) is 5.75 Å². The third-order valence-corrected chi connectivity index (χ3v) is 3.14. The van der Waals surface area contributed by atoms with E-state index in [9.17, 15) is 20.0 Å². The molecule has 0 heterocycles. The van der Waals surface area contributed by atoms with Gasteiger partial charge in [-0.1, -0.05) is 12.1 Å². The molecule has 2 aromatic carbocycles. The number of benzene rings is 2. The molecule has 0 saturated carbocycles. The summed E-state index contributed by atoms with van der Waals surface area (Å²) in [4.78, 5) is 22.4. The van der Waals surface area contributed by atoms with Crippen molar-refractivity contribution in [2.45, 2.75) is 13.8 Å². The Hall–Kier alpha value is -2.89. The topological polar surface area (TPSA) is 92.5 Å². The normalized spacial score (nSPS) is 10.2. The Morgan fingerprint density at radius 3 is 2.43 bits per heavy atom. The van der Waals surface area contributed by atoms with Gasteiger partial charge in [0.2, 0.25) is 0 Å². The number of nitrogens with one attached hydrogen (secondary N) is 1. The smallest absolute Gasteiger partial charge is 0.274 e. The summed E-state index contributed by atoms with van der Waals surface area (Å²) in [6.07, 6.45) is 0. The molecule has 0 fully saturated rings. The summed E-state index contributed by atoms with van der Waals surface area (Å²) >= 11 is 0. The number of nitrogens with zero attached hydrogens (tertiary/aromatic N) is 1. The number of nitro benzene ring substituents is 1. The van der Waals surface area contributed by atoms with Crippen molar-refractivity contribution in [1.29, 1.82) is 0 Å². The van der Waals surface area contributed by atoms with Gasteiger partial charge in [0.15, 0.2) is 0 Å². The molecular formula is C15H14N2O4. The van der Waals surface area contributed by atoms with Crippen LogP contribution in [0, 0.1) is 24.0 Å². The molecule has 6 nitrogen and oxygen atoms in total. The molecule has 0 aliphatic heterocycles. The van der Waals surface area contributed by atoms with Crippen molar-refractivity contribution in [3.8, 4) is 5.75 Å². The number of anilines is 1. The zero-order valence-electron chi connectivity index (χ0n) is 11.6. The Bertz CT molecular complexity index is 726. The number of hydrogen-bond donors (Lipinski definition) is 2. The predicted molar refractivity (Wildman–Crippen MR) is 78.6 cm³/mol. The lowest BCUT2D eigenvalue weighted by molar-refractivity contribution is -0.385. The summed E-state index contributed by atoms with van der Waals surface area (Å²) in [5, 5.41) is 23.0. The molecule has 0 bridgehead atoms. The molecule has 108 valence electrons. The van der Waals surface area contributed by atoms with Crippen LogP contribution < -0.4 is 5.32 Å². The van der Waals surface area contributed by atoms with Crippen molar-refractivity contribution >= 4 is 17.3 Å².